The van der Waals surface area contributed by atoms with Crippen LogP contribution in [0.2, 0.25) is 0 Å². The van der Waals surface area contributed by atoms with Crippen LogP contribution in [-0.4, -0.2) is 39.4 Å². The van der Waals surface area contributed by atoms with Crippen LogP contribution in [0, 0.1) is 0 Å². The monoisotopic (exact) mass is 348 g/mol. The average molecular weight is 348 g/mol. The first-order chi connectivity index (χ1) is 12.9. The molecule has 3 heterocycles. The molecule has 0 saturated heterocycles. The van der Waals surface area contributed by atoms with E-state index in [1.54, 1.807) is 0 Å². The summed E-state index contributed by atoms with van der Waals surface area (Å²) in [5, 5.41) is 11.3. The summed E-state index contributed by atoms with van der Waals surface area (Å²) in [5.41, 5.74) is 3.49. The molecule has 1 aliphatic rings. The molecular formula is C20H24N6. The van der Waals surface area contributed by atoms with E-state index < -0.39 is 0 Å². The molecule has 1 aromatic carbocycles. The first kappa shape index (κ1) is 16.7. The van der Waals surface area contributed by atoms with Crippen LogP contribution in [-0.2, 0) is 19.4 Å². The lowest BCUT2D eigenvalue weighted by Crippen LogP contribution is -2.16. The van der Waals surface area contributed by atoms with E-state index in [1.165, 1.54) is 11.3 Å². The minimum atomic E-state index is 0.806. The number of aromatic nitrogens is 4. The topological polar surface area (TPSA) is 67.7 Å². The van der Waals surface area contributed by atoms with Gasteiger partial charge in [-0.15, -0.1) is 0 Å². The number of rotatable bonds is 6. The predicted octanol–water partition coefficient (Wildman–Crippen LogP) is 2.53. The normalized spacial score (nSPS) is 13.8. The van der Waals surface area contributed by atoms with E-state index in [4.69, 9.17) is 9.97 Å². The molecule has 0 aliphatic carbocycles. The molecule has 0 fully saturated rings. The highest BCUT2D eigenvalue weighted by atomic mass is 15.3. The fourth-order valence-electron chi connectivity index (χ4n) is 3.29. The molecular weight excluding hydrogens is 324 g/mol. The van der Waals surface area contributed by atoms with Gasteiger partial charge in [0.1, 0.15) is 5.82 Å². The van der Waals surface area contributed by atoms with Crippen molar-refractivity contribution in [2.75, 3.05) is 25.0 Å². The van der Waals surface area contributed by atoms with E-state index in [2.05, 4.69) is 27.9 Å². The maximum absolute atomic E-state index is 4.87. The molecule has 2 aromatic heterocycles. The van der Waals surface area contributed by atoms with Gasteiger partial charge in [-0.25, -0.2) is 9.97 Å². The minimum Gasteiger partial charge on any atom is -0.370 e. The number of aryl methyl sites for hydroxylation is 1. The zero-order valence-electron chi connectivity index (χ0n) is 14.9. The SMILES string of the molecule is c1ccc(-c2nc3c(c(NCCCn4cccn4)n2)CCNCC3)cc1. The minimum absolute atomic E-state index is 0.806. The van der Waals surface area contributed by atoms with Gasteiger partial charge in [0.05, 0.1) is 5.69 Å². The third-order valence-electron chi connectivity index (χ3n) is 4.63. The molecule has 0 atom stereocenters. The third kappa shape index (κ3) is 3.91. The number of hydrogen-bond acceptors (Lipinski definition) is 5. The molecule has 6 heteroatoms. The first-order valence-electron chi connectivity index (χ1n) is 9.27. The number of benzene rings is 1. The Morgan fingerprint density at radius 3 is 2.77 bits per heavy atom. The zero-order valence-corrected chi connectivity index (χ0v) is 14.9. The van der Waals surface area contributed by atoms with Gasteiger partial charge in [0.25, 0.3) is 0 Å². The van der Waals surface area contributed by atoms with Gasteiger partial charge in [-0.1, -0.05) is 30.3 Å². The van der Waals surface area contributed by atoms with Crippen molar-refractivity contribution >= 4 is 5.82 Å². The second-order valence-electron chi connectivity index (χ2n) is 6.49. The number of nitrogens with one attached hydrogen (secondary N) is 2. The summed E-state index contributed by atoms with van der Waals surface area (Å²) in [6.45, 7) is 3.71. The first-order valence-corrected chi connectivity index (χ1v) is 9.27. The van der Waals surface area contributed by atoms with Gasteiger partial charge in [0.15, 0.2) is 5.82 Å². The van der Waals surface area contributed by atoms with E-state index in [-0.39, 0.29) is 0 Å². The Morgan fingerprint density at radius 1 is 1.04 bits per heavy atom. The standard InChI is InChI=1S/C20H24N6/c1-2-6-16(7-3-1)19-24-18-9-13-21-12-8-17(18)20(25-19)22-10-4-14-26-15-5-11-23-26/h1-3,5-7,11,15,21H,4,8-10,12-14H2,(H,22,24,25). The number of nitrogens with zero attached hydrogens (tertiary/aromatic N) is 4. The summed E-state index contributed by atoms with van der Waals surface area (Å²) in [6.07, 6.45) is 6.72. The van der Waals surface area contributed by atoms with Crippen LogP contribution in [0.3, 0.4) is 0 Å². The molecule has 0 saturated carbocycles. The van der Waals surface area contributed by atoms with Gasteiger partial charge >= 0.3 is 0 Å². The lowest BCUT2D eigenvalue weighted by molar-refractivity contribution is 0.591. The van der Waals surface area contributed by atoms with Crippen LogP contribution in [0.25, 0.3) is 11.4 Å². The van der Waals surface area contributed by atoms with Crippen molar-refractivity contribution in [3.05, 3.63) is 60.0 Å². The zero-order chi connectivity index (χ0) is 17.6. The molecule has 1 aliphatic heterocycles. The van der Waals surface area contributed by atoms with Crippen molar-refractivity contribution in [3.8, 4) is 11.4 Å². The molecule has 0 radical (unpaired) electrons. The molecule has 0 unspecified atom stereocenters. The molecule has 0 amide bonds. The van der Waals surface area contributed by atoms with E-state index >= 15 is 0 Å². The van der Waals surface area contributed by atoms with Gasteiger partial charge in [-0.05, 0) is 25.5 Å². The summed E-state index contributed by atoms with van der Waals surface area (Å²) >= 11 is 0. The Bertz CT molecular complexity index is 829. The van der Waals surface area contributed by atoms with Crippen molar-refractivity contribution < 1.29 is 0 Å². The van der Waals surface area contributed by atoms with E-state index in [9.17, 15) is 0 Å². The highest BCUT2D eigenvalue weighted by Crippen LogP contribution is 2.24. The predicted molar refractivity (Wildman–Crippen MR) is 103 cm³/mol. The second kappa shape index (κ2) is 8.10. The maximum atomic E-state index is 4.87. The van der Waals surface area contributed by atoms with Crippen molar-refractivity contribution in [1.29, 1.82) is 0 Å². The molecule has 4 rings (SSSR count). The van der Waals surface area contributed by atoms with Crippen LogP contribution >= 0.6 is 0 Å². The molecule has 0 spiro atoms. The van der Waals surface area contributed by atoms with E-state index in [1.807, 2.05) is 41.3 Å². The quantitative estimate of drug-likeness (QED) is 0.670. The van der Waals surface area contributed by atoms with Gasteiger partial charge < -0.3 is 10.6 Å². The molecule has 3 aromatic rings. The van der Waals surface area contributed by atoms with Crippen LogP contribution in [0.1, 0.15) is 17.7 Å². The second-order valence-corrected chi connectivity index (χ2v) is 6.49. The van der Waals surface area contributed by atoms with Gasteiger partial charge in [-0.3, -0.25) is 4.68 Å². The Labute approximate surface area is 153 Å². The number of hydrogen-bond donors (Lipinski definition) is 2. The van der Waals surface area contributed by atoms with Crippen LogP contribution < -0.4 is 10.6 Å². The van der Waals surface area contributed by atoms with E-state index in [0.717, 1.165) is 62.6 Å². The number of fused-ring (bicyclic) bond motifs is 1. The Morgan fingerprint density at radius 2 is 1.92 bits per heavy atom. The van der Waals surface area contributed by atoms with Gasteiger partial charge in [-0.2, -0.15) is 5.10 Å². The Balaban J connectivity index is 1.55. The summed E-state index contributed by atoms with van der Waals surface area (Å²) < 4.78 is 1.96. The Hall–Kier alpha value is -2.73. The summed E-state index contributed by atoms with van der Waals surface area (Å²) in [6, 6.07) is 12.2. The van der Waals surface area contributed by atoms with Crippen molar-refractivity contribution in [1.82, 2.24) is 25.1 Å². The molecule has 2 N–H and O–H groups in total. The van der Waals surface area contributed by atoms with Crippen LogP contribution in [0.15, 0.2) is 48.8 Å². The largest absolute Gasteiger partial charge is 0.370 e. The summed E-state index contributed by atoms with van der Waals surface area (Å²) in [7, 11) is 0. The smallest absolute Gasteiger partial charge is 0.161 e. The average Bonchev–Trinajstić information content (AvgIpc) is 3.09. The summed E-state index contributed by atoms with van der Waals surface area (Å²) in [4.78, 5) is 9.73. The van der Waals surface area contributed by atoms with Gasteiger partial charge in [0, 0.05) is 49.6 Å². The fraction of sp³-hybridized carbons (Fsp3) is 0.350. The third-order valence-corrected chi connectivity index (χ3v) is 4.63. The van der Waals surface area contributed by atoms with Crippen molar-refractivity contribution in [3.63, 3.8) is 0 Å². The fourth-order valence-corrected chi connectivity index (χ4v) is 3.29. The Kier molecular flexibility index (Phi) is 5.21. The maximum Gasteiger partial charge on any atom is 0.161 e. The van der Waals surface area contributed by atoms with Crippen molar-refractivity contribution in [2.24, 2.45) is 0 Å². The molecule has 0 bridgehead atoms. The van der Waals surface area contributed by atoms with Crippen molar-refractivity contribution in [2.45, 2.75) is 25.8 Å². The molecule has 26 heavy (non-hydrogen) atoms. The highest BCUT2D eigenvalue weighted by Gasteiger charge is 2.17. The number of anilines is 1. The molecule has 134 valence electrons. The summed E-state index contributed by atoms with van der Waals surface area (Å²) in [5.74, 6) is 1.79. The van der Waals surface area contributed by atoms with Crippen LogP contribution in [0.4, 0.5) is 5.82 Å². The molecule has 6 nitrogen and oxygen atoms in total. The lowest BCUT2D eigenvalue weighted by Gasteiger charge is -2.15. The lowest BCUT2D eigenvalue weighted by atomic mass is 10.1. The van der Waals surface area contributed by atoms with Gasteiger partial charge in [0.2, 0.25) is 0 Å². The van der Waals surface area contributed by atoms with E-state index in [0.29, 0.717) is 0 Å². The van der Waals surface area contributed by atoms with Crippen LogP contribution in [0.5, 0.6) is 0 Å². The highest BCUT2D eigenvalue weighted by molar-refractivity contribution is 5.60.